The van der Waals surface area contributed by atoms with E-state index in [-0.39, 0.29) is 11.9 Å². The van der Waals surface area contributed by atoms with Crippen LogP contribution in [-0.2, 0) is 9.53 Å². The molecule has 0 aromatic heterocycles. The van der Waals surface area contributed by atoms with Crippen LogP contribution >= 0.6 is 0 Å². The van der Waals surface area contributed by atoms with Crippen molar-refractivity contribution < 1.29 is 9.53 Å². The molecule has 0 aliphatic heterocycles. The van der Waals surface area contributed by atoms with Crippen LogP contribution in [0.1, 0.15) is 23.5 Å². The van der Waals surface area contributed by atoms with Crippen LogP contribution in [0.25, 0.3) is 0 Å². The molecule has 0 spiro atoms. The Bertz CT molecular complexity index is 552. The minimum absolute atomic E-state index is 0.0304. The van der Waals surface area contributed by atoms with Crippen LogP contribution in [0.15, 0.2) is 54.6 Å². The second-order valence-electron chi connectivity index (χ2n) is 4.41. The molecule has 2 aromatic carbocycles. The molecule has 19 heavy (non-hydrogen) atoms. The Balaban J connectivity index is 2.37. The predicted octanol–water partition coefficient (Wildman–Crippen LogP) is 2.96. The van der Waals surface area contributed by atoms with E-state index in [1.54, 1.807) is 0 Å². The average Bonchev–Trinajstić information content (AvgIpc) is 2.45. The highest BCUT2D eigenvalue weighted by molar-refractivity contribution is 5.71. The van der Waals surface area contributed by atoms with Crippen LogP contribution in [-0.4, -0.2) is 13.1 Å². The summed E-state index contributed by atoms with van der Waals surface area (Å²) < 4.78 is 4.78. The fourth-order valence-electron chi connectivity index (χ4n) is 2.14. The summed E-state index contributed by atoms with van der Waals surface area (Å²) in [4.78, 5) is 11.6. The average molecular weight is 255 g/mol. The minimum atomic E-state index is -0.226. The number of nitrogen functional groups attached to an aromatic ring is 1. The number of esters is 1. The Morgan fingerprint density at radius 3 is 2.42 bits per heavy atom. The van der Waals surface area contributed by atoms with Crippen LogP contribution in [0.4, 0.5) is 5.69 Å². The Labute approximate surface area is 113 Å². The number of methoxy groups -OCH3 is 1. The minimum Gasteiger partial charge on any atom is -0.469 e. The number of nitrogens with two attached hydrogens (primary N) is 1. The topological polar surface area (TPSA) is 52.3 Å². The van der Waals surface area contributed by atoms with Crippen molar-refractivity contribution in [3.8, 4) is 0 Å². The molecule has 0 saturated heterocycles. The van der Waals surface area contributed by atoms with Gasteiger partial charge in [-0.15, -0.1) is 0 Å². The van der Waals surface area contributed by atoms with Gasteiger partial charge in [-0.25, -0.2) is 0 Å². The molecule has 0 fully saturated rings. The molecule has 3 heteroatoms. The number of ether oxygens (including phenoxy) is 1. The molecule has 1 unspecified atom stereocenters. The largest absolute Gasteiger partial charge is 0.469 e. The standard InChI is InChI=1S/C16H17NO2/c1-19-16(18)11-15(12-6-3-2-4-7-12)13-8-5-9-14(17)10-13/h2-10,15H,11,17H2,1H3. The molecule has 98 valence electrons. The first-order chi connectivity index (χ1) is 9.20. The van der Waals surface area contributed by atoms with E-state index in [1.807, 2.05) is 54.6 Å². The van der Waals surface area contributed by atoms with E-state index in [0.717, 1.165) is 11.1 Å². The quantitative estimate of drug-likeness (QED) is 0.675. The molecular weight excluding hydrogens is 238 g/mol. The molecule has 1 atom stereocenters. The number of hydrogen-bond donors (Lipinski definition) is 1. The lowest BCUT2D eigenvalue weighted by Crippen LogP contribution is -2.10. The van der Waals surface area contributed by atoms with E-state index in [9.17, 15) is 4.79 Å². The van der Waals surface area contributed by atoms with Crippen LogP contribution < -0.4 is 5.73 Å². The van der Waals surface area contributed by atoms with E-state index in [2.05, 4.69) is 0 Å². The summed E-state index contributed by atoms with van der Waals surface area (Å²) in [6.07, 6.45) is 0.309. The lowest BCUT2D eigenvalue weighted by molar-refractivity contribution is -0.140. The van der Waals surface area contributed by atoms with Gasteiger partial charge in [-0.1, -0.05) is 42.5 Å². The van der Waals surface area contributed by atoms with Crippen LogP contribution in [0, 0.1) is 0 Å². The van der Waals surface area contributed by atoms with Gasteiger partial charge >= 0.3 is 5.97 Å². The summed E-state index contributed by atoms with van der Waals surface area (Å²) in [6, 6.07) is 17.5. The lowest BCUT2D eigenvalue weighted by atomic mass is 9.88. The third-order valence-corrected chi connectivity index (χ3v) is 3.11. The first-order valence-electron chi connectivity index (χ1n) is 6.18. The normalized spacial score (nSPS) is 11.8. The molecule has 0 saturated carbocycles. The first-order valence-corrected chi connectivity index (χ1v) is 6.18. The maximum Gasteiger partial charge on any atom is 0.306 e. The van der Waals surface area contributed by atoms with Crippen molar-refractivity contribution in [3.05, 3.63) is 65.7 Å². The van der Waals surface area contributed by atoms with Crippen molar-refractivity contribution in [1.29, 1.82) is 0 Å². The summed E-state index contributed by atoms with van der Waals surface area (Å²) in [5.41, 5.74) is 8.63. The highest BCUT2D eigenvalue weighted by Crippen LogP contribution is 2.29. The van der Waals surface area contributed by atoms with Gasteiger partial charge in [0.15, 0.2) is 0 Å². The maximum absolute atomic E-state index is 11.6. The van der Waals surface area contributed by atoms with Crippen molar-refractivity contribution in [2.45, 2.75) is 12.3 Å². The molecule has 0 aliphatic carbocycles. The molecule has 2 rings (SSSR count). The van der Waals surface area contributed by atoms with E-state index in [4.69, 9.17) is 10.5 Å². The number of benzene rings is 2. The van der Waals surface area contributed by atoms with E-state index >= 15 is 0 Å². The van der Waals surface area contributed by atoms with Gasteiger partial charge < -0.3 is 10.5 Å². The molecule has 0 radical (unpaired) electrons. The Kier molecular flexibility index (Phi) is 4.18. The maximum atomic E-state index is 11.6. The van der Waals surface area contributed by atoms with Gasteiger partial charge in [0, 0.05) is 11.6 Å². The van der Waals surface area contributed by atoms with Gasteiger partial charge in [0.25, 0.3) is 0 Å². The van der Waals surface area contributed by atoms with Crippen molar-refractivity contribution >= 4 is 11.7 Å². The van der Waals surface area contributed by atoms with Gasteiger partial charge in [0.05, 0.1) is 13.5 Å². The molecule has 0 bridgehead atoms. The van der Waals surface area contributed by atoms with Crippen LogP contribution in [0.5, 0.6) is 0 Å². The number of hydrogen-bond acceptors (Lipinski definition) is 3. The predicted molar refractivity (Wildman–Crippen MR) is 75.8 cm³/mol. The number of carbonyl (C=O) groups excluding carboxylic acids is 1. The van der Waals surface area contributed by atoms with E-state index in [0.29, 0.717) is 12.1 Å². The van der Waals surface area contributed by atoms with Gasteiger partial charge in [0.1, 0.15) is 0 Å². The second kappa shape index (κ2) is 6.05. The molecule has 2 N–H and O–H groups in total. The summed E-state index contributed by atoms with van der Waals surface area (Å²) in [6.45, 7) is 0. The van der Waals surface area contributed by atoms with E-state index in [1.165, 1.54) is 7.11 Å². The monoisotopic (exact) mass is 255 g/mol. The van der Waals surface area contributed by atoms with Gasteiger partial charge in [-0.2, -0.15) is 0 Å². The van der Waals surface area contributed by atoms with Crippen molar-refractivity contribution in [1.82, 2.24) is 0 Å². The highest BCUT2D eigenvalue weighted by Gasteiger charge is 2.18. The molecule has 0 heterocycles. The molecule has 0 aliphatic rings. The summed E-state index contributed by atoms with van der Waals surface area (Å²) in [5.74, 6) is -0.256. The summed E-state index contributed by atoms with van der Waals surface area (Å²) in [5, 5.41) is 0. The van der Waals surface area contributed by atoms with Gasteiger partial charge in [0.2, 0.25) is 0 Å². The number of rotatable bonds is 4. The van der Waals surface area contributed by atoms with Crippen LogP contribution in [0.2, 0.25) is 0 Å². The lowest BCUT2D eigenvalue weighted by Gasteiger charge is -2.17. The third-order valence-electron chi connectivity index (χ3n) is 3.11. The highest BCUT2D eigenvalue weighted by atomic mass is 16.5. The van der Waals surface area contributed by atoms with E-state index < -0.39 is 0 Å². The zero-order valence-corrected chi connectivity index (χ0v) is 10.9. The number of carbonyl (C=O) groups is 1. The van der Waals surface area contributed by atoms with Gasteiger partial charge in [-0.05, 0) is 23.3 Å². The summed E-state index contributed by atoms with van der Waals surface area (Å²) in [7, 11) is 1.41. The molecule has 3 nitrogen and oxygen atoms in total. The Morgan fingerprint density at radius 1 is 1.11 bits per heavy atom. The molecular formula is C16H17NO2. The fraction of sp³-hybridized carbons (Fsp3) is 0.188. The molecule has 0 amide bonds. The van der Waals surface area contributed by atoms with Crippen molar-refractivity contribution in [2.24, 2.45) is 0 Å². The van der Waals surface area contributed by atoms with Crippen molar-refractivity contribution in [3.63, 3.8) is 0 Å². The van der Waals surface area contributed by atoms with Crippen molar-refractivity contribution in [2.75, 3.05) is 12.8 Å². The zero-order chi connectivity index (χ0) is 13.7. The Hall–Kier alpha value is -2.29. The second-order valence-corrected chi connectivity index (χ2v) is 4.41. The fourth-order valence-corrected chi connectivity index (χ4v) is 2.14. The van der Waals surface area contributed by atoms with Gasteiger partial charge in [-0.3, -0.25) is 4.79 Å². The first kappa shape index (κ1) is 13.1. The molecule has 2 aromatic rings. The number of anilines is 1. The summed E-state index contributed by atoms with van der Waals surface area (Å²) >= 11 is 0. The SMILES string of the molecule is COC(=O)CC(c1ccccc1)c1cccc(N)c1. The van der Waals surface area contributed by atoms with Crippen LogP contribution in [0.3, 0.4) is 0 Å². The third kappa shape index (κ3) is 3.35. The zero-order valence-electron chi connectivity index (χ0n) is 10.9. The Morgan fingerprint density at radius 2 is 1.79 bits per heavy atom. The smallest absolute Gasteiger partial charge is 0.306 e.